The van der Waals surface area contributed by atoms with Gasteiger partial charge >= 0.3 is 0 Å². The summed E-state index contributed by atoms with van der Waals surface area (Å²) in [5, 5.41) is 13.2. The lowest BCUT2D eigenvalue weighted by atomic mass is 9.92. The Labute approximate surface area is 88.7 Å². The van der Waals surface area contributed by atoms with Crippen LogP contribution in [-0.4, -0.2) is 39.5 Å². The fourth-order valence-electron chi connectivity index (χ4n) is 1.78. The monoisotopic (exact) mass is 219 g/mol. The predicted octanol–water partition coefficient (Wildman–Crippen LogP) is 0.646. The van der Waals surface area contributed by atoms with Crippen molar-refractivity contribution in [3.63, 3.8) is 0 Å². The van der Waals surface area contributed by atoms with Gasteiger partial charge < -0.3 is 10.4 Å². The van der Waals surface area contributed by atoms with Crippen LogP contribution in [0.4, 0.5) is 0 Å². The zero-order valence-electron chi connectivity index (χ0n) is 9.03. The summed E-state index contributed by atoms with van der Waals surface area (Å²) in [6.45, 7) is 2.71. The van der Waals surface area contributed by atoms with Crippen LogP contribution in [0.5, 0.6) is 0 Å². The molecule has 0 saturated heterocycles. The second kappa shape index (κ2) is 5.83. The first kappa shape index (κ1) is 12.1. The van der Waals surface area contributed by atoms with E-state index in [1.807, 2.05) is 6.92 Å². The number of hydrogen-bond acceptors (Lipinski definition) is 3. The van der Waals surface area contributed by atoms with E-state index in [2.05, 4.69) is 5.32 Å². The van der Waals surface area contributed by atoms with Gasteiger partial charge in [0.05, 0.1) is 6.10 Å². The normalized spacial score (nSPS) is 32.5. The molecule has 1 saturated carbocycles. The van der Waals surface area contributed by atoms with E-state index < -0.39 is 10.8 Å². The molecule has 0 aromatic carbocycles. The standard InChI is InChI=1S/C10H21NO2S/c1-8(14(2)13)7-11-9-5-3-4-6-10(9)12/h8-12H,3-7H2,1-2H3. The molecule has 0 aromatic rings. The summed E-state index contributed by atoms with van der Waals surface area (Å²) in [4.78, 5) is 0. The number of nitrogens with one attached hydrogen (secondary N) is 1. The molecule has 84 valence electrons. The molecular weight excluding hydrogens is 198 g/mol. The molecule has 1 aliphatic rings. The Hall–Kier alpha value is 0.0700. The third-order valence-corrected chi connectivity index (χ3v) is 4.26. The Kier molecular flexibility index (Phi) is 5.06. The summed E-state index contributed by atoms with van der Waals surface area (Å²) in [6, 6.07) is 0.217. The lowest BCUT2D eigenvalue weighted by Crippen LogP contribution is -2.45. The van der Waals surface area contributed by atoms with Gasteiger partial charge in [-0.15, -0.1) is 0 Å². The summed E-state index contributed by atoms with van der Waals surface area (Å²) in [7, 11) is -0.770. The topological polar surface area (TPSA) is 49.3 Å². The smallest absolute Gasteiger partial charge is 0.0693 e. The quantitative estimate of drug-likeness (QED) is 0.730. The van der Waals surface area contributed by atoms with Crippen molar-refractivity contribution in [2.24, 2.45) is 0 Å². The zero-order valence-corrected chi connectivity index (χ0v) is 9.85. The highest BCUT2D eigenvalue weighted by atomic mass is 32.2. The van der Waals surface area contributed by atoms with Crippen molar-refractivity contribution in [1.29, 1.82) is 0 Å². The van der Waals surface area contributed by atoms with Crippen molar-refractivity contribution in [2.45, 2.75) is 50.0 Å². The molecule has 0 aliphatic heterocycles. The molecule has 1 rings (SSSR count). The van der Waals surface area contributed by atoms with Crippen LogP contribution >= 0.6 is 0 Å². The van der Waals surface area contributed by atoms with Gasteiger partial charge in [0.2, 0.25) is 0 Å². The van der Waals surface area contributed by atoms with Gasteiger partial charge in [-0.1, -0.05) is 12.8 Å². The van der Waals surface area contributed by atoms with Gasteiger partial charge in [-0.3, -0.25) is 4.21 Å². The number of aliphatic hydroxyl groups is 1. The molecule has 4 atom stereocenters. The number of aliphatic hydroxyl groups excluding tert-OH is 1. The molecule has 4 heteroatoms. The summed E-state index contributed by atoms with van der Waals surface area (Å²) < 4.78 is 11.1. The van der Waals surface area contributed by atoms with Gasteiger partial charge in [0, 0.05) is 34.9 Å². The van der Waals surface area contributed by atoms with E-state index in [0.29, 0.717) is 0 Å². The Bertz CT molecular complexity index is 199. The molecule has 1 aliphatic carbocycles. The fraction of sp³-hybridized carbons (Fsp3) is 1.00. The van der Waals surface area contributed by atoms with Crippen LogP contribution in [0.3, 0.4) is 0 Å². The Balaban J connectivity index is 2.25. The molecule has 0 spiro atoms. The van der Waals surface area contributed by atoms with E-state index in [0.717, 1.165) is 25.8 Å². The van der Waals surface area contributed by atoms with Gasteiger partial charge in [-0.2, -0.15) is 0 Å². The maximum absolute atomic E-state index is 11.1. The predicted molar refractivity (Wildman–Crippen MR) is 59.8 cm³/mol. The Morgan fingerprint density at radius 1 is 1.50 bits per heavy atom. The van der Waals surface area contributed by atoms with Gasteiger partial charge in [0.15, 0.2) is 0 Å². The summed E-state index contributed by atoms with van der Waals surface area (Å²) in [5.74, 6) is 0. The maximum atomic E-state index is 11.1. The van der Waals surface area contributed by atoms with Crippen molar-refractivity contribution >= 4 is 10.8 Å². The van der Waals surface area contributed by atoms with Crippen LogP contribution in [0.2, 0.25) is 0 Å². The van der Waals surface area contributed by atoms with Gasteiger partial charge in [0.1, 0.15) is 0 Å². The average molecular weight is 219 g/mol. The highest BCUT2D eigenvalue weighted by Gasteiger charge is 2.22. The lowest BCUT2D eigenvalue weighted by Gasteiger charge is -2.29. The first-order valence-corrected chi connectivity index (χ1v) is 6.97. The van der Waals surface area contributed by atoms with Crippen molar-refractivity contribution in [2.75, 3.05) is 12.8 Å². The first-order valence-electron chi connectivity index (χ1n) is 5.35. The number of hydrogen-bond donors (Lipinski definition) is 2. The summed E-state index contributed by atoms with van der Waals surface area (Å²) >= 11 is 0. The Morgan fingerprint density at radius 2 is 2.14 bits per heavy atom. The van der Waals surface area contributed by atoms with Gasteiger partial charge in [-0.25, -0.2) is 0 Å². The lowest BCUT2D eigenvalue weighted by molar-refractivity contribution is 0.0914. The molecule has 3 nitrogen and oxygen atoms in total. The van der Waals surface area contributed by atoms with Crippen molar-refractivity contribution in [1.82, 2.24) is 5.32 Å². The summed E-state index contributed by atoms with van der Waals surface area (Å²) in [6.07, 6.45) is 5.79. The van der Waals surface area contributed by atoms with Crippen LogP contribution in [0.25, 0.3) is 0 Å². The zero-order chi connectivity index (χ0) is 10.6. The van der Waals surface area contributed by atoms with Crippen LogP contribution in [0, 0.1) is 0 Å². The van der Waals surface area contributed by atoms with E-state index >= 15 is 0 Å². The highest BCUT2D eigenvalue weighted by molar-refractivity contribution is 7.84. The SMILES string of the molecule is CC(CNC1CCCCC1O)S(C)=O. The molecule has 4 unspecified atom stereocenters. The molecule has 1 fully saturated rings. The van der Waals surface area contributed by atoms with E-state index in [9.17, 15) is 9.32 Å². The van der Waals surface area contributed by atoms with Crippen molar-refractivity contribution in [3.05, 3.63) is 0 Å². The second-order valence-electron chi connectivity index (χ2n) is 4.18. The first-order chi connectivity index (χ1) is 6.61. The van der Waals surface area contributed by atoms with Crippen molar-refractivity contribution < 1.29 is 9.32 Å². The van der Waals surface area contributed by atoms with Crippen LogP contribution in [0.15, 0.2) is 0 Å². The van der Waals surface area contributed by atoms with Crippen LogP contribution in [0.1, 0.15) is 32.6 Å². The van der Waals surface area contributed by atoms with E-state index in [1.165, 1.54) is 6.42 Å². The third kappa shape index (κ3) is 3.67. The molecule has 0 heterocycles. The minimum Gasteiger partial charge on any atom is -0.392 e. The molecule has 0 bridgehead atoms. The van der Waals surface area contributed by atoms with Crippen molar-refractivity contribution in [3.8, 4) is 0 Å². The van der Waals surface area contributed by atoms with E-state index in [-0.39, 0.29) is 17.4 Å². The van der Waals surface area contributed by atoms with Gasteiger partial charge in [0.25, 0.3) is 0 Å². The molecule has 0 radical (unpaired) electrons. The average Bonchev–Trinajstić information content (AvgIpc) is 2.16. The third-order valence-electron chi connectivity index (χ3n) is 2.96. The molecule has 2 N–H and O–H groups in total. The van der Waals surface area contributed by atoms with E-state index in [1.54, 1.807) is 6.26 Å². The molecular formula is C10H21NO2S. The molecule has 0 amide bonds. The molecule has 14 heavy (non-hydrogen) atoms. The van der Waals surface area contributed by atoms with Crippen LogP contribution in [-0.2, 0) is 10.8 Å². The van der Waals surface area contributed by atoms with Crippen LogP contribution < -0.4 is 5.32 Å². The fourth-order valence-corrected chi connectivity index (χ4v) is 2.12. The highest BCUT2D eigenvalue weighted by Crippen LogP contribution is 2.18. The van der Waals surface area contributed by atoms with Gasteiger partial charge in [-0.05, 0) is 19.8 Å². The Morgan fingerprint density at radius 3 is 2.71 bits per heavy atom. The second-order valence-corrected chi connectivity index (χ2v) is 5.98. The summed E-state index contributed by atoms with van der Waals surface area (Å²) in [5.41, 5.74) is 0. The maximum Gasteiger partial charge on any atom is 0.0693 e. The number of rotatable bonds is 4. The van der Waals surface area contributed by atoms with E-state index in [4.69, 9.17) is 0 Å². The minimum atomic E-state index is -0.770. The molecule has 0 aromatic heterocycles. The minimum absolute atomic E-state index is 0.170. The largest absolute Gasteiger partial charge is 0.392 e.